The van der Waals surface area contributed by atoms with Gasteiger partial charge in [-0.1, -0.05) is 34.6 Å². The van der Waals surface area contributed by atoms with E-state index in [0.717, 1.165) is 6.54 Å². The van der Waals surface area contributed by atoms with Crippen molar-refractivity contribution >= 4 is 5.91 Å². The highest BCUT2D eigenvalue weighted by atomic mass is 16.2. The van der Waals surface area contributed by atoms with E-state index in [-0.39, 0.29) is 11.3 Å². The highest BCUT2D eigenvalue weighted by Gasteiger charge is 2.22. The summed E-state index contributed by atoms with van der Waals surface area (Å²) in [6, 6.07) is 0. The molecule has 0 aromatic heterocycles. The summed E-state index contributed by atoms with van der Waals surface area (Å²) in [5.74, 6) is 1.22. The van der Waals surface area contributed by atoms with Crippen molar-refractivity contribution in [2.24, 2.45) is 23.0 Å². The summed E-state index contributed by atoms with van der Waals surface area (Å²) in [6.45, 7) is 11.9. The van der Waals surface area contributed by atoms with Crippen LogP contribution in [0.4, 0.5) is 0 Å². The molecule has 0 aliphatic heterocycles. The van der Waals surface area contributed by atoms with Crippen LogP contribution >= 0.6 is 0 Å². The molecule has 0 radical (unpaired) electrons. The van der Waals surface area contributed by atoms with Gasteiger partial charge in [-0.3, -0.25) is 4.79 Å². The predicted octanol–water partition coefficient (Wildman–Crippen LogP) is 2.11. The molecule has 0 bridgehead atoms. The lowest BCUT2D eigenvalue weighted by molar-refractivity contribution is -0.132. The van der Waals surface area contributed by atoms with Crippen molar-refractivity contribution in [3.8, 4) is 0 Å². The smallest absolute Gasteiger partial charge is 0.222 e. The molecule has 1 amide bonds. The van der Waals surface area contributed by atoms with E-state index in [1.807, 2.05) is 11.9 Å². The molecule has 0 aliphatic rings. The molecule has 0 aromatic carbocycles. The van der Waals surface area contributed by atoms with Gasteiger partial charge >= 0.3 is 0 Å². The lowest BCUT2D eigenvalue weighted by Gasteiger charge is -2.30. The average molecular weight is 228 g/mol. The van der Waals surface area contributed by atoms with E-state index in [2.05, 4.69) is 34.6 Å². The maximum atomic E-state index is 11.9. The first-order valence-corrected chi connectivity index (χ1v) is 6.13. The topological polar surface area (TPSA) is 46.3 Å². The van der Waals surface area contributed by atoms with E-state index < -0.39 is 0 Å². The van der Waals surface area contributed by atoms with E-state index in [0.29, 0.717) is 24.8 Å². The minimum Gasteiger partial charge on any atom is -0.345 e. The van der Waals surface area contributed by atoms with Gasteiger partial charge in [0, 0.05) is 20.0 Å². The molecule has 1 atom stereocenters. The van der Waals surface area contributed by atoms with Gasteiger partial charge in [-0.05, 0) is 23.8 Å². The molecule has 3 heteroatoms. The Morgan fingerprint density at radius 3 is 2.19 bits per heavy atom. The molecule has 0 fully saturated rings. The van der Waals surface area contributed by atoms with Crippen LogP contribution in [0.25, 0.3) is 0 Å². The second-order valence-corrected chi connectivity index (χ2v) is 6.04. The Labute approximate surface area is 100 Å². The van der Waals surface area contributed by atoms with Gasteiger partial charge in [0.1, 0.15) is 0 Å². The Hall–Kier alpha value is -0.570. The minimum absolute atomic E-state index is 0.00544. The fraction of sp³-hybridized carbons (Fsp3) is 0.923. The summed E-state index contributed by atoms with van der Waals surface area (Å²) < 4.78 is 0. The number of nitrogens with two attached hydrogens (primary N) is 1. The molecule has 0 aliphatic carbocycles. The largest absolute Gasteiger partial charge is 0.345 e. The van der Waals surface area contributed by atoms with Crippen LogP contribution in [0.2, 0.25) is 0 Å². The minimum atomic E-state index is 0.00544. The lowest BCUT2D eigenvalue weighted by Crippen LogP contribution is -2.40. The Morgan fingerprint density at radius 2 is 1.81 bits per heavy atom. The van der Waals surface area contributed by atoms with Crippen LogP contribution in [-0.4, -0.2) is 30.9 Å². The zero-order valence-corrected chi connectivity index (χ0v) is 11.7. The molecule has 0 saturated heterocycles. The molecule has 0 spiro atoms. The Morgan fingerprint density at radius 1 is 1.31 bits per heavy atom. The molecule has 0 rings (SSSR count). The van der Waals surface area contributed by atoms with Crippen LogP contribution in [0.3, 0.4) is 0 Å². The van der Waals surface area contributed by atoms with E-state index in [1.165, 1.54) is 0 Å². The zero-order chi connectivity index (χ0) is 12.9. The number of rotatable bonds is 6. The summed E-state index contributed by atoms with van der Waals surface area (Å²) in [5.41, 5.74) is 5.67. The first kappa shape index (κ1) is 15.4. The molecular formula is C13H28N2O. The fourth-order valence-corrected chi connectivity index (χ4v) is 1.46. The Bertz CT molecular complexity index is 224. The number of amides is 1. The second kappa shape index (κ2) is 6.24. The molecule has 1 unspecified atom stereocenters. The van der Waals surface area contributed by atoms with Gasteiger partial charge in [-0.15, -0.1) is 0 Å². The second-order valence-electron chi connectivity index (χ2n) is 6.04. The van der Waals surface area contributed by atoms with Crippen molar-refractivity contribution < 1.29 is 4.79 Å². The third-order valence-electron chi connectivity index (χ3n) is 3.28. The first-order valence-electron chi connectivity index (χ1n) is 6.13. The molecule has 0 heterocycles. The summed E-state index contributed by atoms with van der Waals surface area (Å²) in [7, 11) is 1.87. The first-order chi connectivity index (χ1) is 7.19. The lowest BCUT2D eigenvalue weighted by atomic mass is 9.91. The summed E-state index contributed by atoms with van der Waals surface area (Å²) in [5, 5.41) is 0. The van der Waals surface area contributed by atoms with Gasteiger partial charge in [-0.25, -0.2) is 0 Å². The van der Waals surface area contributed by atoms with Crippen LogP contribution in [0.5, 0.6) is 0 Å². The Kier molecular flexibility index (Phi) is 6.01. The number of carbonyl (C=O) groups is 1. The van der Waals surface area contributed by atoms with Crippen LogP contribution in [0, 0.1) is 17.3 Å². The average Bonchev–Trinajstić information content (AvgIpc) is 2.16. The standard InChI is InChI=1S/C13H28N2O/c1-10(2)11(3)7-12(16)15(6)9-13(4,5)8-14/h10-11H,7-9,14H2,1-6H3. The van der Waals surface area contributed by atoms with Crippen LogP contribution in [0.1, 0.15) is 41.0 Å². The van der Waals surface area contributed by atoms with Crippen molar-refractivity contribution in [3.63, 3.8) is 0 Å². The van der Waals surface area contributed by atoms with Crippen molar-refractivity contribution in [2.75, 3.05) is 20.1 Å². The summed E-state index contributed by atoms with van der Waals surface area (Å²) in [4.78, 5) is 13.7. The quantitative estimate of drug-likeness (QED) is 0.757. The number of hydrogen-bond donors (Lipinski definition) is 1. The molecule has 96 valence electrons. The molecular weight excluding hydrogens is 200 g/mol. The van der Waals surface area contributed by atoms with Gasteiger partial charge in [0.15, 0.2) is 0 Å². The number of carbonyl (C=O) groups excluding carboxylic acids is 1. The highest BCUT2D eigenvalue weighted by Crippen LogP contribution is 2.18. The maximum absolute atomic E-state index is 11.9. The summed E-state index contributed by atoms with van der Waals surface area (Å²) in [6.07, 6.45) is 0.634. The molecule has 16 heavy (non-hydrogen) atoms. The fourth-order valence-electron chi connectivity index (χ4n) is 1.46. The highest BCUT2D eigenvalue weighted by molar-refractivity contribution is 5.76. The SMILES string of the molecule is CC(C)C(C)CC(=O)N(C)CC(C)(C)CN. The predicted molar refractivity (Wildman–Crippen MR) is 69.1 cm³/mol. The monoisotopic (exact) mass is 228 g/mol. The Balaban J connectivity index is 4.19. The maximum Gasteiger partial charge on any atom is 0.222 e. The van der Waals surface area contributed by atoms with Crippen molar-refractivity contribution in [2.45, 2.75) is 41.0 Å². The van der Waals surface area contributed by atoms with Crippen LogP contribution in [-0.2, 0) is 4.79 Å². The van der Waals surface area contributed by atoms with Crippen LogP contribution in [0.15, 0.2) is 0 Å². The van der Waals surface area contributed by atoms with Gasteiger partial charge in [-0.2, -0.15) is 0 Å². The normalized spacial score (nSPS) is 14.0. The van der Waals surface area contributed by atoms with E-state index >= 15 is 0 Å². The zero-order valence-electron chi connectivity index (χ0n) is 11.7. The molecule has 0 aromatic rings. The van der Waals surface area contributed by atoms with Crippen molar-refractivity contribution in [3.05, 3.63) is 0 Å². The molecule has 3 nitrogen and oxygen atoms in total. The molecule has 0 saturated carbocycles. The number of hydrogen-bond acceptors (Lipinski definition) is 2. The number of nitrogens with zero attached hydrogens (tertiary/aromatic N) is 1. The van der Waals surface area contributed by atoms with E-state index in [9.17, 15) is 4.79 Å². The van der Waals surface area contributed by atoms with E-state index in [1.54, 1.807) is 0 Å². The van der Waals surface area contributed by atoms with Crippen molar-refractivity contribution in [1.29, 1.82) is 0 Å². The van der Waals surface area contributed by atoms with Crippen molar-refractivity contribution in [1.82, 2.24) is 4.90 Å². The van der Waals surface area contributed by atoms with Gasteiger partial charge in [0.05, 0.1) is 0 Å². The van der Waals surface area contributed by atoms with Crippen LogP contribution < -0.4 is 5.73 Å². The third-order valence-corrected chi connectivity index (χ3v) is 3.28. The van der Waals surface area contributed by atoms with Gasteiger partial charge in [0.2, 0.25) is 5.91 Å². The van der Waals surface area contributed by atoms with Gasteiger partial charge < -0.3 is 10.6 Å². The summed E-state index contributed by atoms with van der Waals surface area (Å²) >= 11 is 0. The molecule has 2 N–H and O–H groups in total. The van der Waals surface area contributed by atoms with E-state index in [4.69, 9.17) is 5.73 Å². The third kappa shape index (κ3) is 5.50. The van der Waals surface area contributed by atoms with Gasteiger partial charge in [0.25, 0.3) is 0 Å².